The minimum absolute atomic E-state index is 0.123. The first kappa shape index (κ1) is 14.9. The molecule has 0 aliphatic rings. The van der Waals surface area contributed by atoms with E-state index in [9.17, 15) is 4.79 Å². The SMILES string of the molecule is COc1ccccc1NC(=O)CNc1ccc2ccccc2c1. The molecular weight excluding hydrogens is 288 g/mol. The fraction of sp³-hybridized carbons (Fsp3) is 0.105. The highest BCUT2D eigenvalue weighted by Crippen LogP contribution is 2.23. The predicted molar refractivity (Wildman–Crippen MR) is 94.1 cm³/mol. The number of ether oxygens (including phenoxy) is 1. The van der Waals surface area contributed by atoms with E-state index in [1.165, 1.54) is 5.39 Å². The zero-order chi connectivity index (χ0) is 16.1. The Balaban J connectivity index is 1.63. The molecule has 0 unspecified atom stereocenters. The lowest BCUT2D eigenvalue weighted by atomic mass is 10.1. The van der Waals surface area contributed by atoms with Crippen molar-refractivity contribution in [3.63, 3.8) is 0 Å². The standard InChI is InChI=1S/C19H18N2O2/c1-23-18-9-5-4-8-17(18)21-19(22)13-20-16-11-10-14-6-2-3-7-15(14)12-16/h2-12,20H,13H2,1H3,(H,21,22). The fourth-order valence-corrected chi connectivity index (χ4v) is 2.42. The molecule has 3 aromatic rings. The normalized spacial score (nSPS) is 10.3. The molecule has 4 heteroatoms. The van der Waals surface area contributed by atoms with Crippen LogP contribution in [0, 0.1) is 0 Å². The molecule has 0 heterocycles. The summed E-state index contributed by atoms with van der Waals surface area (Å²) < 4.78 is 5.22. The zero-order valence-electron chi connectivity index (χ0n) is 12.9. The van der Waals surface area contributed by atoms with Crippen molar-refractivity contribution >= 4 is 28.1 Å². The minimum Gasteiger partial charge on any atom is -0.495 e. The first-order valence-electron chi connectivity index (χ1n) is 7.42. The molecule has 0 atom stereocenters. The van der Waals surface area contributed by atoms with Crippen molar-refractivity contribution in [1.29, 1.82) is 0 Å². The van der Waals surface area contributed by atoms with Crippen LogP contribution in [0.25, 0.3) is 10.8 Å². The van der Waals surface area contributed by atoms with Gasteiger partial charge in [-0.2, -0.15) is 0 Å². The van der Waals surface area contributed by atoms with Crippen LogP contribution in [0.1, 0.15) is 0 Å². The van der Waals surface area contributed by atoms with Crippen molar-refractivity contribution in [2.75, 3.05) is 24.3 Å². The van der Waals surface area contributed by atoms with Gasteiger partial charge in [0.2, 0.25) is 5.91 Å². The van der Waals surface area contributed by atoms with Gasteiger partial charge in [0.15, 0.2) is 0 Å². The maximum atomic E-state index is 12.1. The highest BCUT2D eigenvalue weighted by atomic mass is 16.5. The molecule has 0 radical (unpaired) electrons. The molecule has 0 fully saturated rings. The largest absolute Gasteiger partial charge is 0.495 e. The molecule has 0 saturated carbocycles. The Bertz CT molecular complexity index is 830. The average molecular weight is 306 g/mol. The van der Waals surface area contributed by atoms with Crippen LogP contribution < -0.4 is 15.4 Å². The van der Waals surface area contributed by atoms with Gasteiger partial charge in [-0.1, -0.05) is 42.5 Å². The summed E-state index contributed by atoms with van der Waals surface area (Å²) in [5.74, 6) is 0.522. The maximum Gasteiger partial charge on any atom is 0.243 e. The molecule has 2 N–H and O–H groups in total. The molecule has 3 aromatic carbocycles. The number of para-hydroxylation sites is 2. The summed E-state index contributed by atoms with van der Waals surface area (Å²) >= 11 is 0. The minimum atomic E-state index is -0.123. The van der Waals surface area contributed by atoms with Gasteiger partial charge in [0, 0.05) is 5.69 Å². The van der Waals surface area contributed by atoms with E-state index in [2.05, 4.69) is 22.8 Å². The van der Waals surface area contributed by atoms with Gasteiger partial charge in [0.1, 0.15) is 5.75 Å². The summed E-state index contributed by atoms with van der Waals surface area (Å²) in [6.07, 6.45) is 0. The topological polar surface area (TPSA) is 50.4 Å². The maximum absolute atomic E-state index is 12.1. The Kier molecular flexibility index (Phi) is 4.43. The van der Waals surface area contributed by atoms with E-state index in [4.69, 9.17) is 4.74 Å². The lowest BCUT2D eigenvalue weighted by Crippen LogP contribution is -2.22. The van der Waals surface area contributed by atoms with Crippen LogP contribution in [0.4, 0.5) is 11.4 Å². The molecule has 0 spiro atoms. The predicted octanol–water partition coefficient (Wildman–Crippen LogP) is 3.90. The van der Waals surface area contributed by atoms with Gasteiger partial charge in [-0.3, -0.25) is 4.79 Å². The molecular formula is C19H18N2O2. The van der Waals surface area contributed by atoms with Gasteiger partial charge in [-0.25, -0.2) is 0 Å². The van der Waals surface area contributed by atoms with E-state index in [0.717, 1.165) is 11.1 Å². The van der Waals surface area contributed by atoms with Gasteiger partial charge < -0.3 is 15.4 Å². The summed E-state index contributed by atoms with van der Waals surface area (Å²) in [6, 6.07) is 21.5. The first-order chi connectivity index (χ1) is 11.3. The summed E-state index contributed by atoms with van der Waals surface area (Å²) in [5.41, 5.74) is 1.58. The van der Waals surface area contributed by atoms with Gasteiger partial charge >= 0.3 is 0 Å². The number of hydrogen-bond donors (Lipinski definition) is 2. The number of anilines is 2. The van der Waals surface area contributed by atoms with Crippen LogP contribution in [-0.4, -0.2) is 19.6 Å². The monoisotopic (exact) mass is 306 g/mol. The summed E-state index contributed by atoms with van der Waals surface area (Å²) in [5, 5.41) is 8.30. The van der Waals surface area contributed by atoms with E-state index < -0.39 is 0 Å². The third-order valence-corrected chi connectivity index (χ3v) is 3.58. The highest BCUT2D eigenvalue weighted by molar-refractivity contribution is 5.95. The number of benzene rings is 3. The van der Waals surface area contributed by atoms with Crippen molar-refractivity contribution in [2.45, 2.75) is 0 Å². The first-order valence-corrected chi connectivity index (χ1v) is 7.42. The summed E-state index contributed by atoms with van der Waals surface area (Å²) in [6.45, 7) is 0.191. The molecule has 0 aliphatic carbocycles. The molecule has 0 saturated heterocycles. The molecule has 0 bridgehead atoms. The van der Waals surface area contributed by atoms with Gasteiger partial charge in [-0.15, -0.1) is 0 Å². The molecule has 0 aliphatic heterocycles. The third-order valence-electron chi connectivity index (χ3n) is 3.58. The molecule has 1 amide bonds. The van der Waals surface area contributed by atoms with E-state index in [-0.39, 0.29) is 12.5 Å². The second-order valence-electron chi connectivity index (χ2n) is 5.16. The number of carbonyl (C=O) groups is 1. The number of amides is 1. The third kappa shape index (κ3) is 3.61. The van der Waals surface area contributed by atoms with E-state index in [1.54, 1.807) is 7.11 Å². The quantitative estimate of drug-likeness (QED) is 0.751. The summed E-state index contributed by atoms with van der Waals surface area (Å²) in [7, 11) is 1.58. The lowest BCUT2D eigenvalue weighted by Gasteiger charge is -2.11. The van der Waals surface area contributed by atoms with E-state index in [1.807, 2.05) is 54.6 Å². The molecule has 4 nitrogen and oxygen atoms in total. The zero-order valence-corrected chi connectivity index (χ0v) is 12.9. The molecule has 116 valence electrons. The Hall–Kier alpha value is -3.01. The van der Waals surface area contributed by atoms with Gasteiger partial charge in [0.05, 0.1) is 19.3 Å². The van der Waals surface area contributed by atoms with Crippen LogP contribution in [-0.2, 0) is 4.79 Å². The van der Waals surface area contributed by atoms with Crippen LogP contribution in [0.2, 0.25) is 0 Å². The van der Waals surface area contributed by atoms with Crippen molar-refractivity contribution < 1.29 is 9.53 Å². The van der Waals surface area contributed by atoms with Crippen molar-refractivity contribution in [2.24, 2.45) is 0 Å². The Morgan fingerprint density at radius 1 is 0.957 bits per heavy atom. The van der Waals surface area contributed by atoms with E-state index >= 15 is 0 Å². The number of carbonyl (C=O) groups excluding carboxylic acids is 1. The Labute approximate surface area is 135 Å². The average Bonchev–Trinajstić information content (AvgIpc) is 2.60. The second kappa shape index (κ2) is 6.83. The number of rotatable bonds is 5. The van der Waals surface area contributed by atoms with Crippen LogP contribution in [0.5, 0.6) is 5.75 Å². The van der Waals surface area contributed by atoms with Crippen molar-refractivity contribution in [3.8, 4) is 5.75 Å². The lowest BCUT2D eigenvalue weighted by molar-refractivity contribution is -0.114. The summed E-state index contributed by atoms with van der Waals surface area (Å²) in [4.78, 5) is 12.1. The van der Waals surface area contributed by atoms with Gasteiger partial charge in [-0.05, 0) is 35.0 Å². The number of fused-ring (bicyclic) bond motifs is 1. The van der Waals surface area contributed by atoms with Crippen LogP contribution >= 0.6 is 0 Å². The molecule has 0 aromatic heterocycles. The fourth-order valence-electron chi connectivity index (χ4n) is 2.42. The van der Waals surface area contributed by atoms with Gasteiger partial charge in [0.25, 0.3) is 0 Å². The Morgan fingerprint density at radius 2 is 1.70 bits per heavy atom. The van der Waals surface area contributed by atoms with Crippen LogP contribution in [0.15, 0.2) is 66.7 Å². The highest BCUT2D eigenvalue weighted by Gasteiger charge is 2.06. The van der Waals surface area contributed by atoms with Crippen LogP contribution in [0.3, 0.4) is 0 Å². The molecule has 3 rings (SSSR count). The van der Waals surface area contributed by atoms with E-state index in [0.29, 0.717) is 11.4 Å². The number of methoxy groups -OCH3 is 1. The van der Waals surface area contributed by atoms with Crippen molar-refractivity contribution in [1.82, 2.24) is 0 Å². The van der Waals surface area contributed by atoms with Crippen molar-refractivity contribution in [3.05, 3.63) is 66.7 Å². The Morgan fingerprint density at radius 3 is 2.52 bits per heavy atom. The number of nitrogens with one attached hydrogen (secondary N) is 2. The second-order valence-corrected chi connectivity index (χ2v) is 5.16. The molecule has 23 heavy (non-hydrogen) atoms. The number of hydrogen-bond acceptors (Lipinski definition) is 3. The smallest absolute Gasteiger partial charge is 0.243 e.